The monoisotopic (exact) mass is 351 g/mol. The van der Waals surface area contributed by atoms with E-state index in [1.807, 2.05) is 53.6 Å². The summed E-state index contributed by atoms with van der Waals surface area (Å²) in [5, 5.41) is 0. The molecule has 4 rings (SSSR count). The van der Waals surface area contributed by atoms with Crippen molar-refractivity contribution in [2.75, 3.05) is 37.7 Å². The second-order valence-electron chi connectivity index (χ2n) is 7.38. The first kappa shape index (κ1) is 16.9. The second-order valence-corrected chi connectivity index (χ2v) is 7.38. The zero-order chi connectivity index (χ0) is 17.8. The van der Waals surface area contributed by atoms with Gasteiger partial charge in [-0.3, -0.25) is 4.79 Å². The van der Waals surface area contributed by atoms with Crippen molar-refractivity contribution in [3.8, 4) is 5.75 Å². The summed E-state index contributed by atoms with van der Waals surface area (Å²) in [5.41, 5.74) is 0.193. The lowest BCUT2D eigenvalue weighted by Gasteiger charge is -2.41. The highest BCUT2D eigenvalue weighted by atomic mass is 16.5. The van der Waals surface area contributed by atoms with Crippen LogP contribution in [-0.2, 0) is 4.79 Å². The molecule has 2 saturated heterocycles. The van der Waals surface area contributed by atoms with Gasteiger partial charge in [-0.2, -0.15) is 0 Å². The number of rotatable bonds is 4. The first-order valence-corrected chi connectivity index (χ1v) is 9.36. The number of nitrogens with zero attached hydrogens (tertiary/aromatic N) is 3. The van der Waals surface area contributed by atoms with Crippen molar-refractivity contribution >= 4 is 11.7 Å². The predicted molar refractivity (Wildman–Crippen MR) is 101 cm³/mol. The highest BCUT2D eigenvalue weighted by molar-refractivity contribution is 5.78. The summed E-state index contributed by atoms with van der Waals surface area (Å²) in [5.74, 6) is 1.87. The topological polar surface area (TPSA) is 45.7 Å². The Morgan fingerprint density at radius 3 is 2.69 bits per heavy atom. The van der Waals surface area contributed by atoms with E-state index < -0.39 is 0 Å². The van der Waals surface area contributed by atoms with Crippen molar-refractivity contribution in [3.63, 3.8) is 0 Å². The van der Waals surface area contributed by atoms with Crippen LogP contribution < -0.4 is 9.64 Å². The predicted octanol–water partition coefficient (Wildman–Crippen LogP) is 2.98. The van der Waals surface area contributed by atoms with Crippen molar-refractivity contribution in [1.82, 2.24) is 9.88 Å². The molecular weight excluding hydrogens is 326 g/mol. The second kappa shape index (κ2) is 7.36. The van der Waals surface area contributed by atoms with Crippen LogP contribution in [0.2, 0.25) is 0 Å². The van der Waals surface area contributed by atoms with E-state index in [0.29, 0.717) is 0 Å². The van der Waals surface area contributed by atoms with Gasteiger partial charge in [0.25, 0.3) is 5.91 Å². The first-order chi connectivity index (χ1) is 12.7. The van der Waals surface area contributed by atoms with Crippen LogP contribution in [0.15, 0.2) is 54.7 Å². The van der Waals surface area contributed by atoms with Crippen molar-refractivity contribution in [2.45, 2.75) is 19.3 Å². The smallest absolute Gasteiger partial charge is 0.260 e. The highest BCUT2D eigenvalue weighted by Crippen LogP contribution is 2.40. The molecule has 2 aromatic rings. The number of para-hydroxylation sites is 1. The molecule has 5 heteroatoms. The standard InChI is InChI=1S/C21H25N3O2/c25-20(15-26-18-7-2-1-3-8-18)24-14-11-21(17-24)10-6-13-23(16-21)19-9-4-5-12-22-19/h1-5,7-9,12H,6,10-11,13-17H2/t21-/m0/s1. The van der Waals surface area contributed by atoms with Gasteiger partial charge in [0.15, 0.2) is 6.61 Å². The molecule has 1 atom stereocenters. The van der Waals surface area contributed by atoms with Crippen LogP contribution >= 0.6 is 0 Å². The van der Waals surface area contributed by atoms with Crippen LogP contribution in [0.3, 0.4) is 0 Å². The van der Waals surface area contributed by atoms with E-state index in [9.17, 15) is 4.79 Å². The third-order valence-corrected chi connectivity index (χ3v) is 5.53. The summed E-state index contributed by atoms with van der Waals surface area (Å²) >= 11 is 0. The molecule has 1 amide bonds. The van der Waals surface area contributed by atoms with Gasteiger partial charge in [0.2, 0.25) is 0 Å². The molecule has 3 heterocycles. The number of aromatic nitrogens is 1. The lowest BCUT2D eigenvalue weighted by Crippen LogP contribution is -2.46. The minimum Gasteiger partial charge on any atom is -0.484 e. The van der Waals surface area contributed by atoms with Crippen LogP contribution in [0.1, 0.15) is 19.3 Å². The van der Waals surface area contributed by atoms with Gasteiger partial charge in [-0.05, 0) is 43.5 Å². The molecule has 0 radical (unpaired) electrons. The molecule has 1 spiro atoms. The Hall–Kier alpha value is -2.56. The number of anilines is 1. The van der Waals surface area contributed by atoms with Gasteiger partial charge in [-0.25, -0.2) is 4.98 Å². The zero-order valence-corrected chi connectivity index (χ0v) is 15.0. The summed E-state index contributed by atoms with van der Waals surface area (Å²) in [6.45, 7) is 3.79. The lowest BCUT2D eigenvalue weighted by molar-refractivity contribution is -0.132. The molecule has 2 aliphatic rings. The van der Waals surface area contributed by atoms with E-state index in [0.717, 1.165) is 50.6 Å². The molecule has 26 heavy (non-hydrogen) atoms. The fraction of sp³-hybridized carbons (Fsp3) is 0.429. The van der Waals surface area contributed by atoms with Crippen molar-refractivity contribution < 1.29 is 9.53 Å². The van der Waals surface area contributed by atoms with Gasteiger partial charge in [0, 0.05) is 37.8 Å². The number of carbonyl (C=O) groups is 1. The first-order valence-electron chi connectivity index (χ1n) is 9.36. The average molecular weight is 351 g/mol. The molecule has 2 fully saturated rings. The molecule has 0 unspecified atom stereocenters. The minimum absolute atomic E-state index is 0.0840. The Morgan fingerprint density at radius 2 is 1.88 bits per heavy atom. The Kier molecular flexibility index (Phi) is 4.78. The van der Waals surface area contributed by atoms with Crippen LogP contribution in [-0.4, -0.2) is 48.6 Å². The summed E-state index contributed by atoms with van der Waals surface area (Å²) in [6.07, 6.45) is 5.24. The largest absolute Gasteiger partial charge is 0.484 e. The SMILES string of the molecule is O=C(COc1ccccc1)N1CC[C@]2(CCCN(c3ccccn3)C2)C1. The molecule has 1 aromatic carbocycles. The third-order valence-electron chi connectivity index (χ3n) is 5.53. The van der Waals surface area contributed by atoms with Gasteiger partial charge in [-0.15, -0.1) is 0 Å². The highest BCUT2D eigenvalue weighted by Gasteiger charge is 2.43. The van der Waals surface area contributed by atoms with Crippen LogP contribution in [0.5, 0.6) is 5.75 Å². The van der Waals surface area contributed by atoms with E-state index in [-0.39, 0.29) is 17.9 Å². The molecule has 2 aliphatic heterocycles. The van der Waals surface area contributed by atoms with Gasteiger partial charge in [-0.1, -0.05) is 24.3 Å². The molecule has 0 aliphatic carbocycles. The van der Waals surface area contributed by atoms with Crippen molar-refractivity contribution in [1.29, 1.82) is 0 Å². The fourth-order valence-corrected chi connectivity index (χ4v) is 4.18. The number of benzene rings is 1. The van der Waals surface area contributed by atoms with E-state index in [1.54, 1.807) is 0 Å². The van der Waals surface area contributed by atoms with Gasteiger partial charge >= 0.3 is 0 Å². The maximum Gasteiger partial charge on any atom is 0.260 e. The minimum atomic E-state index is 0.0840. The average Bonchev–Trinajstić information content (AvgIpc) is 3.11. The van der Waals surface area contributed by atoms with Crippen molar-refractivity contribution in [3.05, 3.63) is 54.7 Å². The Balaban J connectivity index is 1.35. The summed E-state index contributed by atoms with van der Waals surface area (Å²) in [7, 11) is 0. The van der Waals surface area contributed by atoms with Crippen LogP contribution in [0, 0.1) is 5.41 Å². The number of pyridine rings is 1. The number of amides is 1. The number of likely N-dealkylation sites (tertiary alicyclic amines) is 1. The van der Waals surface area contributed by atoms with E-state index in [2.05, 4.69) is 16.0 Å². The van der Waals surface area contributed by atoms with Gasteiger partial charge in [0.05, 0.1) is 0 Å². The van der Waals surface area contributed by atoms with Gasteiger partial charge < -0.3 is 14.5 Å². The molecule has 1 aromatic heterocycles. The van der Waals surface area contributed by atoms with Crippen LogP contribution in [0.25, 0.3) is 0 Å². The summed E-state index contributed by atoms with van der Waals surface area (Å²) in [6, 6.07) is 15.6. The molecule has 0 saturated carbocycles. The van der Waals surface area contributed by atoms with Crippen LogP contribution in [0.4, 0.5) is 5.82 Å². The Labute approximate surface area is 154 Å². The zero-order valence-electron chi connectivity index (χ0n) is 15.0. The van der Waals surface area contributed by atoms with E-state index in [1.165, 1.54) is 6.42 Å². The molecule has 5 nitrogen and oxygen atoms in total. The molecule has 0 N–H and O–H groups in total. The fourth-order valence-electron chi connectivity index (χ4n) is 4.18. The van der Waals surface area contributed by atoms with Gasteiger partial charge in [0.1, 0.15) is 11.6 Å². The maximum atomic E-state index is 12.6. The molecule has 136 valence electrons. The number of hydrogen-bond acceptors (Lipinski definition) is 4. The Bertz CT molecular complexity index is 737. The van der Waals surface area contributed by atoms with Crippen molar-refractivity contribution in [2.24, 2.45) is 5.41 Å². The van der Waals surface area contributed by atoms with E-state index in [4.69, 9.17) is 4.74 Å². The quantitative estimate of drug-likeness (QED) is 0.850. The maximum absolute atomic E-state index is 12.6. The normalized spacial score (nSPS) is 22.6. The summed E-state index contributed by atoms with van der Waals surface area (Å²) < 4.78 is 5.63. The number of piperidine rings is 1. The third kappa shape index (κ3) is 3.66. The number of hydrogen-bond donors (Lipinski definition) is 0. The molecular formula is C21H25N3O2. The van der Waals surface area contributed by atoms with E-state index >= 15 is 0 Å². The lowest BCUT2D eigenvalue weighted by atomic mass is 9.79. The molecule has 0 bridgehead atoms. The Morgan fingerprint density at radius 1 is 1.04 bits per heavy atom. The number of ether oxygens (including phenoxy) is 1. The number of carbonyl (C=O) groups excluding carboxylic acids is 1. The summed E-state index contributed by atoms with van der Waals surface area (Å²) in [4.78, 5) is 21.4.